The fourth-order valence-corrected chi connectivity index (χ4v) is 5.54. The molecular weight excluding hydrogens is 282 g/mol. The maximum Gasteiger partial charge on any atom is 0.174 e. The van der Waals surface area contributed by atoms with Gasteiger partial charge in [-0.25, -0.2) is 0 Å². The Labute approximate surface area is 128 Å². The molecule has 4 atom stereocenters. The lowest BCUT2D eigenvalue weighted by Crippen LogP contribution is -2.76. The first-order chi connectivity index (χ1) is 10.5. The van der Waals surface area contributed by atoms with E-state index in [0.717, 1.165) is 24.1 Å². The van der Waals surface area contributed by atoms with E-state index in [1.807, 2.05) is 13.1 Å². The second-order valence-electron chi connectivity index (χ2n) is 7.26. The molecule has 2 heterocycles. The number of ketones is 1. The van der Waals surface area contributed by atoms with Crippen LogP contribution in [-0.4, -0.2) is 52.2 Å². The van der Waals surface area contributed by atoms with E-state index in [-0.39, 0.29) is 17.6 Å². The molecule has 1 spiro atoms. The van der Waals surface area contributed by atoms with Gasteiger partial charge in [-0.2, -0.15) is 0 Å². The average Bonchev–Trinajstić information content (AvgIpc) is 2.85. The van der Waals surface area contributed by atoms with E-state index < -0.39 is 17.1 Å². The summed E-state index contributed by atoms with van der Waals surface area (Å²) in [6.45, 7) is 0.828. The Bertz CT molecular complexity index is 717. The number of hydrogen-bond acceptors (Lipinski definition) is 5. The van der Waals surface area contributed by atoms with E-state index in [0.29, 0.717) is 25.0 Å². The summed E-state index contributed by atoms with van der Waals surface area (Å²) in [5, 5.41) is 21.8. The number of carbonyl (C=O) groups excluding carboxylic acids is 1. The zero-order valence-corrected chi connectivity index (χ0v) is 12.5. The van der Waals surface area contributed by atoms with Crippen LogP contribution in [-0.2, 0) is 16.6 Å². The third-order valence-corrected chi connectivity index (χ3v) is 6.53. The van der Waals surface area contributed by atoms with Crippen molar-refractivity contribution in [2.45, 2.75) is 48.8 Å². The number of likely N-dealkylation sites (tertiary alicyclic amines) is 1. The summed E-state index contributed by atoms with van der Waals surface area (Å²) in [4.78, 5) is 14.7. The summed E-state index contributed by atoms with van der Waals surface area (Å²) in [7, 11) is 2.04. The van der Waals surface area contributed by atoms with Crippen molar-refractivity contribution in [3.63, 3.8) is 0 Å². The number of nitrogens with zero attached hydrogens (tertiary/aromatic N) is 1. The van der Waals surface area contributed by atoms with Crippen LogP contribution in [0.2, 0.25) is 0 Å². The van der Waals surface area contributed by atoms with Crippen LogP contribution in [0.3, 0.4) is 0 Å². The number of ether oxygens (including phenoxy) is 1. The van der Waals surface area contributed by atoms with Crippen LogP contribution >= 0.6 is 0 Å². The topological polar surface area (TPSA) is 70.0 Å². The van der Waals surface area contributed by atoms with Crippen LogP contribution in [0, 0.1) is 0 Å². The molecule has 5 rings (SSSR count). The summed E-state index contributed by atoms with van der Waals surface area (Å²) < 4.78 is 5.94. The van der Waals surface area contributed by atoms with Gasteiger partial charge in [0.05, 0.1) is 11.0 Å². The molecule has 0 aromatic heterocycles. The van der Waals surface area contributed by atoms with E-state index in [1.54, 1.807) is 6.07 Å². The molecule has 5 heteroatoms. The lowest BCUT2D eigenvalue weighted by Gasteiger charge is -2.61. The Morgan fingerprint density at radius 1 is 1.36 bits per heavy atom. The van der Waals surface area contributed by atoms with E-state index in [9.17, 15) is 15.0 Å². The fraction of sp³-hybridized carbons (Fsp3) is 0.588. The first-order valence-electron chi connectivity index (χ1n) is 7.96. The summed E-state index contributed by atoms with van der Waals surface area (Å²) in [5.41, 5.74) is 0.370. The van der Waals surface area contributed by atoms with Gasteiger partial charge in [0.1, 0.15) is 0 Å². The van der Waals surface area contributed by atoms with E-state index in [1.165, 1.54) is 0 Å². The zero-order valence-electron chi connectivity index (χ0n) is 12.5. The zero-order chi connectivity index (χ0) is 15.3. The minimum absolute atomic E-state index is 0.00319. The quantitative estimate of drug-likeness (QED) is 0.740. The maximum absolute atomic E-state index is 12.5. The average molecular weight is 301 g/mol. The minimum atomic E-state index is -0.954. The highest BCUT2D eigenvalue weighted by atomic mass is 16.5. The Morgan fingerprint density at radius 2 is 2.18 bits per heavy atom. The molecule has 0 amide bonds. The van der Waals surface area contributed by atoms with E-state index in [2.05, 4.69) is 4.90 Å². The van der Waals surface area contributed by atoms with Crippen molar-refractivity contribution in [2.24, 2.45) is 0 Å². The van der Waals surface area contributed by atoms with Gasteiger partial charge < -0.3 is 19.8 Å². The predicted molar refractivity (Wildman–Crippen MR) is 78.1 cm³/mol. The van der Waals surface area contributed by atoms with Crippen LogP contribution in [0.25, 0.3) is 0 Å². The first-order valence-corrected chi connectivity index (χ1v) is 7.96. The number of phenols is 1. The predicted octanol–water partition coefficient (Wildman–Crippen LogP) is 0.745. The van der Waals surface area contributed by atoms with Gasteiger partial charge in [-0.1, -0.05) is 6.07 Å². The molecule has 2 bridgehead atoms. The molecule has 2 fully saturated rings. The van der Waals surface area contributed by atoms with Gasteiger partial charge in [-0.05, 0) is 44.5 Å². The van der Waals surface area contributed by atoms with Crippen molar-refractivity contribution in [3.8, 4) is 11.5 Å². The normalized spacial score (nSPS) is 42.0. The van der Waals surface area contributed by atoms with Crippen molar-refractivity contribution < 1.29 is 19.7 Å². The van der Waals surface area contributed by atoms with Crippen molar-refractivity contribution >= 4 is 5.78 Å². The van der Waals surface area contributed by atoms with E-state index in [4.69, 9.17) is 4.74 Å². The number of aliphatic hydroxyl groups is 1. The monoisotopic (exact) mass is 301 g/mol. The van der Waals surface area contributed by atoms with Crippen molar-refractivity contribution in [1.29, 1.82) is 0 Å². The number of Topliss-reactive ketones (excluding diaryl/α,β-unsaturated/α-hetero) is 1. The molecule has 2 N–H and O–H groups in total. The Balaban J connectivity index is 1.88. The molecule has 2 aliphatic heterocycles. The molecule has 1 saturated heterocycles. The third-order valence-electron chi connectivity index (χ3n) is 6.53. The summed E-state index contributed by atoms with van der Waals surface area (Å²) in [6.07, 6.45) is 1.61. The first kappa shape index (κ1) is 12.9. The second kappa shape index (κ2) is 3.66. The molecule has 1 saturated carbocycles. The number of piperidine rings is 1. The molecule has 4 aliphatic rings. The van der Waals surface area contributed by atoms with Crippen LogP contribution in [0.4, 0.5) is 0 Å². The van der Waals surface area contributed by atoms with Crippen LogP contribution < -0.4 is 4.74 Å². The summed E-state index contributed by atoms with van der Waals surface area (Å²) >= 11 is 0. The Hall–Kier alpha value is -1.59. The highest BCUT2D eigenvalue weighted by Gasteiger charge is 2.72. The Kier molecular flexibility index (Phi) is 2.15. The van der Waals surface area contributed by atoms with Gasteiger partial charge >= 0.3 is 0 Å². The number of benzene rings is 1. The van der Waals surface area contributed by atoms with Crippen molar-refractivity contribution in [3.05, 3.63) is 23.3 Å². The highest BCUT2D eigenvalue weighted by molar-refractivity contribution is 5.90. The molecule has 3 unspecified atom stereocenters. The van der Waals surface area contributed by atoms with Crippen LogP contribution in [0.1, 0.15) is 30.4 Å². The molecule has 5 nitrogen and oxygen atoms in total. The number of likely N-dealkylation sites (N-methyl/N-ethyl adjacent to an activating group) is 1. The van der Waals surface area contributed by atoms with Crippen LogP contribution in [0.5, 0.6) is 11.5 Å². The van der Waals surface area contributed by atoms with Crippen molar-refractivity contribution in [1.82, 2.24) is 4.90 Å². The number of aromatic hydroxyl groups is 1. The fourth-order valence-electron chi connectivity index (χ4n) is 5.54. The number of hydrogen-bond donors (Lipinski definition) is 2. The summed E-state index contributed by atoms with van der Waals surface area (Å²) in [5.74, 6) is 0.561. The highest BCUT2D eigenvalue weighted by Crippen LogP contribution is 2.64. The second-order valence-corrected chi connectivity index (χ2v) is 7.26. The molecule has 0 radical (unpaired) electrons. The van der Waals surface area contributed by atoms with Gasteiger partial charge in [0.2, 0.25) is 0 Å². The molecule has 116 valence electrons. The lowest BCUT2D eigenvalue weighted by molar-refractivity contribution is -0.185. The van der Waals surface area contributed by atoms with Gasteiger partial charge in [0, 0.05) is 18.0 Å². The largest absolute Gasteiger partial charge is 0.504 e. The lowest BCUT2D eigenvalue weighted by atomic mass is 9.49. The van der Waals surface area contributed by atoms with Gasteiger partial charge in [-0.3, -0.25) is 4.79 Å². The maximum atomic E-state index is 12.5. The number of rotatable bonds is 0. The number of phenolic OH excluding ortho intramolecular Hbond substituents is 1. The molecule has 1 aromatic carbocycles. The smallest absolute Gasteiger partial charge is 0.174 e. The Morgan fingerprint density at radius 3 is 3.00 bits per heavy atom. The SMILES string of the molecule is CN1CC[C@]23c4c5ccc(O)c4OC2C(=O)CCC3(O)C1C5. The molecule has 22 heavy (non-hydrogen) atoms. The summed E-state index contributed by atoms with van der Waals surface area (Å²) in [6, 6.07) is 3.57. The molecule has 1 aromatic rings. The molecule has 2 aliphatic carbocycles. The van der Waals surface area contributed by atoms with Gasteiger partial charge in [0.15, 0.2) is 23.4 Å². The van der Waals surface area contributed by atoms with E-state index >= 15 is 0 Å². The standard InChI is InChI=1S/C17H19NO4/c1-18-7-6-16-13-9-2-3-10(19)14(13)22-15(16)11(20)4-5-17(16,21)12(18)8-9/h2-3,12,15,19,21H,4-8H2,1H3/t12?,15?,16-,17?/m0/s1. The van der Waals surface area contributed by atoms with Crippen LogP contribution in [0.15, 0.2) is 12.1 Å². The molecular formula is C17H19NO4. The third kappa shape index (κ3) is 1.13. The number of carbonyl (C=O) groups is 1. The van der Waals surface area contributed by atoms with Gasteiger partial charge in [0.25, 0.3) is 0 Å². The van der Waals surface area contributed by atoms with Gasteiger partial charge in [-0.15, -0.1) is 0 Å². The van der Waals surface area contributed by atoms with Crippen molar-refractivity contribution in [2.75, 3.05) is 13.6 Å². The minimum Gasteiger partial charge on any atom is -0.504 e.